The summed E-state index contributed by atoms with van der Waals surface area (Å²) < 4.78 is 33.2. The van der Waals surface area contributed by atoms with Crippen LogP contribution in [0.2, 0.25) is 0 Å². The van der Waals surface area contributed by atoms with Crippen LogP contribution in [-0.4, -0.2) is 18.5 Å². The minimum Gasteiger partial charge on any atom is -0.370 e. The van der Waals surface area contributed by atoms with Gasteiger partial charge in [-0.2, -0.15) is 0 Å². The van der Waals surface area contributed by atoms with Crippen LogP contribution in [0.1, 0.15) is 48.0 Å². The van der Waals surface area contributed by atoms with E-state index in [1.54, 1.807) is 0 Å². The first-order chi connectivity index (χ1) is 9.02. The lowest BCUT2D eigenvalue weighted by atomic mass is 9.79. The van der Waals surface area contributed by atoms with Crippen LogP contribution < -0.4 is 0 Å². The van der Waals surface area contributed by atoms with Crippen LogP contribution in [0, 0.1) is 18.6 Å². The fraction of sp³-hybridized carbons (Fsp3) is 0.533. The molecule has 0 atom stereocenters. The molecule has 1 fully saturated rings. The van der Waals surface area contributed by atoms with Crippen molar-refractivity contribution in [3.8, 4) is 0 Å². The van der Waals surface area contributed by atoms with Gasteiger partial charge in [0, 0.05) is 7.11 Å². The van der Waals surface area contributed by atoms with Crippen LogP contribution in [0.15, 0.2) is 12.1 Å². The summed E-state index contributed by atoms with van der Waals surface area (Å²) in [6, 6.07) is 2.47. The van der Waals surface area contributed by atoms with Crippen molar-refractivity contribution in [2.24, 2.45) is 0 Å². The van der Waals surface area contributed by atoms with Gasteiger partial charge in [0.15, 0.2) is 0 Å². The van der Waals surface area contributed by atoms with E-state index in [1.807, 2.05) is 0 Å². The van der Waals surface area contributed by atoms with Crippen molar-refractivity contribution in [3.05, 3.63) is 34.9 Å². The van der Waals surface area contributed by atoms with Crippen LogP contribution in [-0.2, 0) is 4.74 Å². The van der Waals surface area contributed by atoms with Gasteiger partial charge in [0.05, 0.1) is 5.56 Å². The number of hydrogen-bond donors (Lipinski definition) is 0. The van der Waals surface area contributed by atoms with Crippen LogP contribution in [0.3, 0.4) is 0 Å². The number of methoxy groups -OCH3 is 1. The molecule has 0 unspecified atom stereocenters. The molecule has 2 rings (SSSR count). The van der Waals surface area contributed by atoms with Crippen molar-refractivity contribution in [2.75, 3.05) is 7.11 Å². The molecule has 1 aromatic rings. The molecule has 104 valence electrons. The summed E-state index contributed by atoms with van der Waals surface area (Å²) in [5.41, 5.74) is -1.25. The monoisotopic (exact) mass is 268 g/mol. The molecule has 0 bridgehead atoms. The van der Waals surface area contributed by atoms with E-state index in [9.17, 15) is 13.6 Å². The molecule has 1 aliphatic carbocycles. The maximum absolute atomic E-state index is 14.1. The van der Waals surface area contributed by atoms with Gasteiger partial charge in [0.2, 0.25) is 5.78 Å². The smallest absolute Gasteiger partial charge is 0.200 e. The first-order valence-corrected chi connectivity index (χ1v) is 6.56. The van der Waals surface area contributed by atoms with Gasteiger partial charge in [-0.05, 0) is 31.4 Å². The maximum Gasteiger partial charge on any atom is 0.200 e. The zero-order chi connectivity index (χ0) is 14.0. The van der Waals surface area contributed by atoms with E-state index in [2.05, 4.69) is 0 Å². The second kappa shape index (κ2) is 5.37. The Morgan fingerprint density at radius 3 is 2.42 bits per heavy atom. The summed E-state index contributed by atoms with van der Waals surface area (Å²) in [6.07, 6.45) is 3.75. The number of ketones is 1. The molecule has 0 aromatic heterocycles. The van der Waals surface area contributed by atoms with Gasteiger partial charge in [0.25, 0.3) is 0 Å². The standard InChI is InChI=1S/C15H18F2O2/c1-10-6-7-11(16)12(13(10)17)14(18)15(19-2)8-4-3-5-9-15/h6-7H,3-5,8-9H2,1-2H3. The van der Waals surface area contributed by atoms with Crippen molar-refractivity contribution in [2.45, 2.75) is 44.6 Å². The zero-order valence-electron chi connectivity index (χ0n) is 11.3. The number of carbonyl (C=O) groups excluding carboxylic acids is 1. The van der Waals surface area contributed by atoms with E-state index < -0.39 is 28.6 Å². The van der Waals surface area contributed by atoms with E-state index in [4.69, 9.17) is 4.74 Å². The Morgan fingerprint density at radius 2 is 1.84 bits per heavy atom. The third kappa shape index (κ3) is 2.41. The molecule has 0 radical (unpaired) electrons. The molecule has 0 amide bonds. The zero-order valence-corrected chi connectivity index (χ0v) is 11.3. The molecule has 1 aromatic carbocycles. The lowest BCUT2D eigenvalue weighted by Crippen LogP contribution is -2.43. The van der Waals surface area contributed by atoms with Crippen LogP contribution in [0.5, 0.6) is 0 Å². The van der Waals surface area contributed by atoms with Crippen molar-refractivity contribution in [3.63, 3.8) is 0 Å². The predicted octanol–water partition coefficient (Wildman–Crippen LogP) is 3.81. The Hall–Kier alpha value is -1.29. The molecule has 0 spiro atoms. The van der Waals surface area contributed by atoms with Gasteiger partial charge < -0.3 is 4.74 Å². The maximum atomic E-state index is 14.1. The number of ether oxygens (including phenoxy) is 1. The van der Waals surface area contributed by atoms with Gasteiger partial charge in [0.1, 0.15) is 17.2 Å². The fourth-order valence-corrected chi connectivity index (χ4v) is 2.74. The lowest BCUT2D eigenvalue weighted by Gasteiger charge is -2.34. The molecule has 0 N–H and O–H groups in total. The highest BCUT2D eigenvalue weighted by Crippen LogP contribution is 2.35. The molecule has 4 heteroatoms. The van der Waals surface area contributed by atoms with Gasteiger partial charge in [-0.1, -0.05) is 25.3 Å². The van der Waals surface area contributed by atoms with Crippen molar-refractivity contribution < 1.29 is 18.3 Å². The first kappa shape index (κ1) is 14.1. The van der Waals surface area contributed by atoms with E-state index in [-0.39, 0.29) is 5.56 Å². The molecular weight excluding hydrogens is 250 g/mol. The molecule has 0 saturated heterocycles. The first-order valence-electron chi connectivity index (χ1n) is 6.56. The molecule has 19 heavy (non-hydrogen) atoms. The average molecular weight is 268 g/mol. The number of Topliss-reactive ketones (excluding diaryl/α,β-unsaturated/α-hetero) is 1. The van der Waals surface area contributed by atoms with Crippen LogP contribution >= 0.6 is 0 Å². The second-order valence-corrected chi connectivity index (χ2v) is 5.14. The molecule has 0 aliphatic heterocycles. The summed E-state index contributed by atoms with van der Waals surface area (Å²) in [6.45, 7) is 1.52. The topological polar surface area (TPSA) is 26.3 Å². The Kier molecular flexibility index (Phi) is 3.99. The van der Waals surface area contributed by atoms with E-state index in [0.29, 0.717) is 12.8 Å². The number of halogens is 2. The highest BCUT2D eigenvalue weighted by Gasteiger charge is 2.42. The quantitative estimate of drug-likeness (QED) is 0.779. The molecular formula is C15H18F2O2. The number of hydrogen-bond acceptors (Lipinski definition) is 2. The highest BCUT2D eigenvalue weighted by molar-refractivity contribution is 6.03. The summed E-state index contributed by atoms with van der Waals surface area (Å²) >= 11 is 0. The van der Waals surface area contributed by atoms with Crippen molar-refractivity contribution >= 4 is 5.78 Å². The van der Waals surface area contributed by atoms with Gasteiger partial charge in [-0.3, -0.25) is 4.79 Å². The minimum atomic E-state index is -1.06. The predicted molar refractivity (Wildman–Crippen MR) is 68.3 cm³/mol. The SMILES string of the molecule is COC1(C(=O)c2c(F)ccc(C)c2F)CCCCC1. The number of benzene rings is 1. The van der Waals surface area contributed by atoms with Crippen LogP contribution in [0.25, 0.3) is 0 Å². The third-order valence-electron chi connectivity index (χ3n) is 3.98. The molecule has 1 aliphatic rings. The van der Waals surface area contributed by atoms with Crippen molar-refractivity contribution in [1.82, 2.24) is 0 Å². The largest absolute Gasteiger partial charge is 0.370 e. The lowest BCUT2D eigenvalue weighted by molar-refractivity contribution is -0.0200. The van der Waals surface area contributed by atoms with Gasteiger partial charge >= 0.3 is 0 Å². The van der Waals surface area contributed by atoms with E-state index in [1.165, 1.54) is 20.1 Å². The van der Waals surface area contributed by atoms with Gasteiger partial charge in [-0.15, -0.1) is 0 Å². The average Bonchev–Trinajstić information content (AvgIpc) is 2.44. The van der Waals surface area contributed by atoms with Gasteiger partial charge in [-0.25, -0.2) is 8.78 Å². The summed E-state index contributed by atoms with van der Waals surface area (Å²) in [5, 5.41) is 0. The summed E-state index contributed by atoms with van der Waals surface area (Å²) in [7, 11) is 1.44. The minimum absolute atomic E-state index is 0.270. The second-order valence-electron chi connectivity index (χ2n) is 5.14. The Morgan fingerprint density at radius 1 is 1.21 bits per heavy atom. The summed E-state index contributed by atoms with van der Waals surface area (Å²) in [5.74, 6) is -2.14. The number of rotatable bonds is 3. The van der Waals surface area contributed by atoms with E-state index in [0.717, 1.165) is 25.3 Å². The number of aryl methyl sites for hydroxylation is 1. The Balaban J connectivity index is 2.46. The normalized spacial score (nSPS) is 18.3. The highest BCUT2D eigenvalue weighted by atomic mass is 19.1. The fourth-order valence-electron chi connectivity index (χ4n) is 2.74. The summed E-state index contributed by atoms with van der Waals surface area (Å²) in [4.78, 5) is 12.5. The number of carbonyl (C=O) groups is 1. The molecule has 0 heterocycles. The Bertz CT molecular complexity index is 491. The molecule has 2 nitrogen and oxygen atoms in total. The molecule has 1 saturated carbocycles. The Labute approximate surface area is 111 Å². The van der Waals surface area contributed by atoms with E-state index >= 15 is 0 Å². The van der Waals surface area contributed by atoms with Crippen molar-refractivity contribution in [1.29, 1.82) is 0 Å². The van der Waals surface area contributed by atoms with Crippen LogP contribution in [0.4, 0.5) is 8.78 Å². The third-order valence-corrected chi connectivity index (χ3v) is 3.98.